The van der Waals surface area contributed by atoms with E-state index in [1.165, 1.54) is 0 Å². The molecule has 0 aliphatic carbocycles. The number of allylic oxidation sites excluding steroid dienone is 3. The maximum absolute atomic E-state index is 12.4. The summed E-state index contributed by atoms with van der Waals surface area (Å²) in [6, 6.07) is -0.826. The van der Waals surface area contributed by atoms with Gasteiger partial charge in [0.2, 0.25) is 0 Å². The number of ether oxygens (including phenoxy) is 3. The highest BCUT2D eigenvalue weighted by atomic mass is 16.6. The van der Waals surface area contributed by atoms with Crippen molar-refractivity contribution in [1.29, 1.82) is 0 Å². The second-order valence-electron chi connectivity index (χ2n) is 8.09. The van der Waals surface area contributed by atoms with Crippen LogP contribution >= 0.6 is 0 Å². The molecular weight excluding hydrogens is 346 g/mol. The first-order chi connectivity index (χ1) is 12.4. The molecule has 0 aromatic heterocycles. The quantitative estimate of drug-likeness (QED) is 0.472. The second-order valence-corrected chi connectivity index (χ2v) is 8.09. The minimum atomic E-state index is -0.826. The van der Waals surface area contributed by atoms with E-state index in [2.05, 4.69) is 19.2 Å². The Morgan fingerprint density at radius 1 is 1.11 bits per heavy atom. The highest BCUT2D eigenvalue weighted by Crippen LogP contribution is 2.16. The fourth-order valence-electron chi connectivity index (χ4n) is 2.17. The van der Waals surface area contributed by atoms with Gasteiger partial charge in [-0.2, -0.15) is 0 Å². The third-order valence-electron chi connectivity index (χ3n) is 3.42. The Balaban J connectivity index is 4.94. The molecule has 1 amide bonds. The largest absolute Gasteiger partial charge is 0.458 e. The van der Waals surface area contributed by atoms with Gasteiger partial charge in [-0.3, -0.25) is 0 Å². The highest BCUT2D eigenvalue weighted by Gasteiger charge is 2.27. The van der Waals surface area contributed by atoms with Crippen LogP contribution in [-0.4, -0.2) is 42.5 Å². The molecule has 0 radical (unpaired) electrons. The Bertz CT molecular complexity index is 531. The molecule has 3 atom stereocenters. The van der Waals surface area contributed by atoms with Gasteiger partial charge in [0.05, 0.1) is 0 Å². The SMILES string of the molecule is C/C=C\C=C(/C)[C@@H](OCC(C)C)[C@H](C)OC(=O)[C@H](C)NC(=O)OC(C)(C)C. The van der Waals surface area contributed by atoms with E-state index >= 15 is 0 Å². The molecule has 156 valence electrons. The minimum Gasteiger partial charge on any atom is -0.458 e. The molecule has 1 N–H and O–H groups in total. The number of esters is 1. The predicted molar refractivity (Wildman–Crippen MR) is 108 cm³/mol. The van der Waals surface area contributed by atoms with Gasteiger partial charge in [-0.1, -0.05) is 32.1 Å². The van der Waals surface area contributed by atoms with E-state index in [0.29, 0.717) is 12.5 Å². The van der Waals surface area contributed by atoms with Crippen LogP contribution in [0.1, 0.15) is 62.3 Å². The van der Waals surface area contributed by atoms with Gasteiger partial charge < -0.3 is 19.5 Å². The molecule has 6 nitrogen and oxygen atoms in total. The lowest BCUT2D eigenvalue weighted by Gasteiger charge is -2.27. The molecule has 0 rings (SSSR count). The lowest BCUT2D eigenvalue weighted by Crippen LogP contribution is -2.44. The lowest BCUT2D eigenvalue weighted by molar-refractivity contribution is -0.156. The average molecular weight is 384 g/mol. The van der Waals surface area contributed by atoms with Crippen LogP contribution in [0.4, 0.5) is 4.79 Å². The first kappa shape index (κ1) is 25.2. The highest BCUT2D eigenvalue weighted by molar-refractivity contribution is 5.81. The van der Waals surface area contributed by atoms with Gasteiger partial charge in [0.1, 0.15) is 23.9 Å². The van der Waals surface area contributed by atoms with Crippen molar-refractivity contribution in [2.45, 2.75) is 86.2 Å². The van der Waals surface area contributed by atoms with E-state index in [9.17, 15) is 9.59 Å². The second kappa shape index (κ2) is 11.8. The van der Waals surface area contributed by atoms with Gasteiger partial charge in [0.25, 0.3) is 0 Å². The Kier molecular flexibility index (Phi) is 11.0. The van der Waals surface area contributed by atoms with E-state index in [1.54, 1.807) is 34.6 Å². The molecule has 27 heavy (non-hydrogen) atoms. The van der Waals surface area contributed by atoms with Crippen molar-refractivity contribution in [2.24, 2.45) is 5.92 Å². The molecule has 0 aromatic rings. The Morgan fingerprint density at radius 3 is 2.19 bits per heavy atom. The van der Waals surface area contributed by atoms with Crippen molar-refractivity contribution in [3.63, 3.8) is 0 Å². The standard InChI is InChI=1S/C21H37NO5/c1-10-11-12-15(4)18(25-13-14(2)3)17(6)26-19(23)16(5)22-20(24)27-21(7,8)9/h10-12,14,16-18H,13H2,1-9H3,(H,22,24)/b11-10-,15-12+/t16-,17-,18+/m0/s1. The molecule has 6 heteroatoms. The molecule has 0 fully saturated rings. The first-order valence-corrected chi connectivity index (χ1v) is 9.48. The summed E-state index contributed by atoms with van der Waals surface area (Å²) in [5, 5.41) is 2.49. The van der Waals surface area contributed by atoms with Gasteiger partial charge >= 0.3 is 12.1 Å². The molecule has 0 bridgehead atoms. The van der Waals surface area contributed by atoms with Crippen molar-refractivity contribution in [1.82, 2.24) is 5.32 Å². The van der Waals surface area contributed by atoms with Crippen LogP contribution in [0.25, 0.3) is 0 Å². The maximum Gasteiger partial charge on any atom is 0.408 e. The summed E-state index contributed by atoms with van der Waals surface area (Å²) in [5.41, 5.74) is 0.327. The smallest absolute Gasteiger partial charge is 0.408 e. The van der Waals surface area contributed by atoms with E-state index in [1.807, 2.05) is 32.1 Å². The van der Waals surface area contributed by atoms with Gasteiger partial charge in [-0.05, 0) is 60.0 Å². The zero-order valence-corrected chi connectivity index (χ0v) is 18.3. The summed E-state index contributed by atoms with van der Waals surface area (Å²) in [6.07, 6.45) is 4.27. The topological polar surface area (TPSA) is 73.9 Å². The Morgan fingerprint density at radius 2 is 1.70 bits per heavy atom. The predicted octanol–water partition coefficient (Wildman–Crippen LogP) is 4.39. The van der Waals surface area contributed by atoms with Crippen LogP contribution in [0.2, 0.25) is 0 Å². The van der Waals surface area contributed by atoms with Crippen LogP contribution in [-0.2, 0) is 19.0 Å². The molecule has 0 heterocycles. The monoisotopic (exact) mass is 383 g/mol. The number of carbonyl (C=O) groups is 2. The van der Waals surface area contributed by atoms with Crippen LogP contribution in [0.15, 0.2) is 23.8 Å². The summed E-state index contributed by atoms with van der Waals surface area (Å²) < 4.78 is 16.7. The fourth-order valence-corrected chi connectivity index (χ4v) is 2.17. The number of alkyl carbamates (subject to hydrolysis) is 1. The number of rotatable bonds is 9. The van der Waals surface area contributed by atoms with Crippen molar-refractivity contribution < 1.29 is 23.8 Å². The number of amides is 1. The number of carbonyl (C=O) groups excluding carboxylic acids is 2. The maximum atomic E-state index is 12.4. The van der Waals surface area contributed by atoms with Crippen LogP contribution in [0.5, 0.6) is 0 Å². The van der Waals surface area contributed by atoms with Gasteiger partial charge in [0.15, 0.2) is 0 Å². The first-order valence-electron chi connectivity index (χ1n) is 9.48. The average Bonchev–Trinajstić information content (AvgIpc) is 2.50. The zero-order valence-electron chi connectivity index (χ0n) is 18.3. The van der Waals surface area contributed by atoms with Crippen LogP contribution in [0, 0.1) is 5.92 Å². The lowest BCUT2D eigenvalue weighted by atomic mass is 10.1. The molecule has 0 aliphatic heterocycles. The Hall–Kier alpha value is -1.82. The summed E-state index contributed by atoms with van der Waals surface area (Å²) in [4.78, 5) is 24.2. The van der Waals surface area contributed by atoms with E-state index in [0.717, 1.165) is 5.57 Å². The fraction of sp³-hybridized carbons (Fsp3) is 0.714. The number of hydrogen-bond acceptors (Lipinski definition) is 5. The number of hydrogen-bond donors (Lipinski definition) is 1. The van der Waals surface area contributed by atoms with Crippen molar-refractivity contribution in [2.75, 3.05) is 6.61 Å². The summed E-state index contributed by atoms with van der Waals surface area (Å²) in [7, 11) is 0. The van der Waals surface area contributed by atoms with Crippen LogP contribution < -0.4 is 5.32 Å². The number of nitrogens with one attached hydrogen (secondary N) is 1. The third kappa shape index (κ3) is 11.5. The van der Waals surface area contributed by atoms with E-state index in [-0.39, 0.29) is 6.10 Å². The third-order valence-corrected chi connectivity index (χ3v) is 3.42. The minimum absolute atomic E-state index is 0.359. The molecule has 0 spiro atoms. The molecule has 0 aromatic carbocycles. The van der Waals surface area contributed by atoms with Crippen molar-refractivity contribution in [3.8, 4) is 0 Å². The summed E-state index contributed by atoms with van der Waals surface area (Å²) in [6.45, 7) is 17.2. The van der Waals surface area contributed by atoms with E-state index in [4.69, 9.17) is 14.2 Å². The summed E-state index contributed by atoms with van der Waals surface area (Å²) >= 11 is 0. The zero-order chi connectivity index (χ0) is 21.2. The molecule has 0 saturated carbocycles. The van der Waals surface area contributed by atoms with Gasteiger partial charge in [-0.15, -0.1) is 0 Å². The molecular formula is C21H37NO5. The van der Waals surface area contributed by atoms with Gasteiger partial charge in [-0.25, -0.2) is 9.59 Å². The van der Waals surface area contributed by atoms with E-state index < -0.39 is 29.8 Å². The summed E-state index contributed by atoms with van der Waals surface area (Å²) in [5.74, 6) is -0.178. The molecule has 0 aliphatic rings. The normalized spacial score (nSPS) is 16.1. The van der Waals surface area contributed by atoms with Crippen molar-refractivity contribution in [3.05, 3.63) is 23.8 Å². The van der Waals surface area contributed by atoms with Crippen LogP contribution in [0.3, 0.4) is 0 Å². The molecule has 0 unspecified atom stereocenters. The van der Waals surface area contributed by atoms with Crippen molar-refractivity contribution >= 4 is 12.1 Å². The Labute approximate surface area is 164 Å². The molecule has 0 saturated heterocycles. The van der Waals surface area contributed by atoms with Gasteiger partial charge in [0, 0.05) is 6.61 Å².